The first kappa shape index (κ1) is 21.8. The minimum absolute atomic E-state index is 0.0347. The van der Waals surface area contributed by atoms with Crippen molar-refractivity contribution < 1.29 is 40.5 Å². The SMILES string of the molecule is NC(=O)C[C@H](NC(=O)CCS(=O)(=O)CC1CC1)C(=O)c1noc(C(F)(F)F)n1. The zero-order chi connectivity index (χ0) is 21.1. The van der Waals surface area contributed by atoms with Gasteiger partial charge in [-0.2, -0.15) is 18.2 Å². The molecule has 10 nitrogen and oxygen atoms in total. The Morgan fingerprint density at radius 2 is 1.93 bits per heavy atom. The van der Waals surface area contributed by atoms with Crippen molar-refractivity contribution in [1.82, 2.24) is 15.5 Å². The van der Waals surface area contributed by atoms with E-state index in [0.29, 0.717) is 0 Å². The lowest BCUT2D eigenvalue weighted by molar-refractivity contribution is -0.159. The fourth-order valence-corrected chi connectivity index (χ4v) is 3.96. The van der Waals surface area contributed by atoms with Crippen molar-refractivity contribution in [3.8, 4) is 0 Å². The number of sulfone groups is 1. The van der Waals surface area contributed by atoms with Crippen molar-refractivity contribution in [1.29, 1.82) is 0 Å². The second kappa shape index (κ2) is 8.24. The van der Waals surface area contributed by atoms with E-state index in [-0.39, 0.29) is 11.7 Å². The third-order valence-electron chi connectivity index (χ3n) is 3.77. The van der Waals surface area contributed by atoms with Gasteiger partial charge in [0.05, 0.1) is 17.9 Å². The van der Waals surface area contributed by atoms with E-state index >= 15 is 0 Å². The van der Waals surface area contributed by atoms with E-state index in [2.05, 4.69) is 20.0 Å². The Hall–Kier alpha value is -2.51. The Balaban J connectivity index is 2.01. The van der Waals surface area contributed by atoms with Gasteiger partial charge in [0, 0.05) is 6.42 Å². The van der Waals surface area contributed by atoms with Crippen LogP contribution in [0.5, 0.6) is 0 Å². The Bertz CT molecular complexity index is 863. The molecular weight excluding hydrogens is 409 g/mol. The molecule has 28 heavy (non-hydrogen) atoms. The molecule has 1 aliphatic carbocycles. The van der Waals surface area contributed by atoms with Gasteiger partial charge in [-0.25, -0.2) is 8.42 Å². The monoisotopic (exact) mass is 426 g/mol. The smallest absolute Gasteiger partial charge is 0.370 e. The molecule has 1 aromatic heterocycles. The maximum absolute atomic E-state index is 12.5. The summed E-state index contributed by atoms with van der Waals surface area (Å²) in [5.41, 5.74) is 4.98. The number of nitrogens with one attached hydrogen (secondary N) is 1. The summed E-state index contributed by atoms with van der Waals surface area (Å²) in [6.07, 6.45) is -4.59. The zero-order valence-electron chi connectivity index (χ0n) is 14.4. The van der Waals surface area contributed by atoms with E-state index < -0.39 is 70.0 Å². The first-order chi connectivity index (χ1) is 12.9. The molecule has 156 valence electrons. The zero-order valence-corrected chi connectivity index (χ0v) is 15.2. The molecule has 1 aliphatic rings. The molecule has 0 radical (unpaired) electrons. The van der Waals surface area contributed by atoms with Gasteiger partial charge < -0.3 is 15.6 Å². The molecule has 1 aromatic rings. The molecule has 1 saturated carbocycles. The lowest BCUT2D eigenvalue weighted by Crippen LogP contribution is -2.44. The average Bonchev–Trinajstić information content (AvgIpc) is 3.20. The summed E-state index contributed by atoms with van der Waals surface area (Å²) in [5, 5.41) is 4.97. The lowest BCUT2D eigenvalue weighted by atomic mass is 10.1. The number of halogens is 3. The van der Waals surface area contributed by atoms with Crippen LogP contribution in [0.2, 0.25) is 0 Å². The van der Waals surface area contributed by atoms with Crippen LogP contribution in [0, 0.1) is 5.92 Å². The van der Waals surface area contributed by atoms with E-state index in [1.807, 2.05) is 0 Å². The number of alkyl halides is 3. The van der Waals surface area contributed by atoms with Crippen LogP contribution in [-0.4, -0.2) is 53.7 Å². The minimum atomic E-state index is -4.98. The first-order valence-electron chi connectivity index (χ1n) is 8.10. The highest BCUT2D eigenvalue weighted by Crippen LogP contribution is 2.30. The van der Waals surface area contributed by atoms with Gasteiger partial charge in [0.1, 0.15) is 6.04 Å². The molecule has 2 rings (SSSR count). The number of ketones is 1. The highest BCUT2D eigenvalue weighted by Gasteiger charge is 2.40. The highest BCUT2D eigenvalue weighted by molar-refractivity contribution is 7.91. The van der Waals surface area contributed by atoms with Crippen LogP contribution in [0.15, 0.2) is 4.52 Å². The second-order valence-electron chi connectivity index (χ2n) is 6.38. The molecule has 3 N–H and O–H groups in total. The predicted molar refractivity (Wildman–Crippen MR) is 85.4 cm³/mol. The van der Waals surface area contributed by atoms with Crippen LogP contribution in [-0.2, 0) is 25.6 Å². The molecule has 0 aromatic carbocycles. The summed E-state index contributed by atoms with van der Waals surface area (Å²) in [6, 6.07) is -1.66. The maximum Gasteiger partial charge on any atom is 0.471 e. The molecule has 1 fully saturated rings. The summed E-state index contributed by atoms with van der Waals surface area (Å²) in [5.74, 6) is -6.32. The Morgan fingerprint density at radius 3 is 2.43 bits per heavy atom. The van der Waals surface area contributed by atoms with Crippen LogP contribution in [0.1, 0.15) is 42.2 Å². The molecule has 0 saturated heterocycles. The third-order valence-corrected chi connectivity index (χ3v) is 5.58. The van der Waals surface area contributed by atoms with Gasteiger partial charge in [-0.05, 0) is 18.8 Å². The summed E-state index contributed by atoms with van der Waals surface area (Å²) < 4.78 is 65.1. The van der Waals surface area contributed by atoms with E-state index in [1.54, 1.807) is 0 Å². The van der Waals surface area contributed by atoms with Gasteiger partial charge in [0.2, 0.25) is 23.4 Å². The van der Waals surface area contributed by atoms with Gasteiger partial charge in [0.25, 0.3) is 0 Å². The molecule has 0 unspecified atom stereocenters. The Morgan fingerprint density at radius 1 is 1.29 bits per heavy atom. The number of nitrogens with zero attached hydrogens (tertiary/aromatic N) is 2. The van der Waals surface area contributed by atoms with E-state index in [1.165, 1.54) is 0 Å². The van der Waals surface area contributed by atoms with Crippen LogP contribution in [0.4, 0.5) is 13.2 Å². The molecule has 1 heterocycles. The number of amides is 2. The van der Waals surface area contributed by atoms with Crippen molar-refractivity contribution in [3.63, 3.8) is 0 Å². The second-order valence-corrected chi connectivity index (χ2v) is 8.61. The van der Waals surface area contributed by atoms with Crippen LogP contribution >= 0.6 is 0 Å². The Kier molecular flexibility index (Phi) is 6.41. The summed E-state index contributed by atoms with van der Waals surface area (Å²) >= 11 is 0. The van der Waals surface area contributed by atoms with Gasteiger partial charge in [-0.1, -0.05) is 5.16 Å². The fraction of sp³-hybridized carbons (Fsp3) is 0.643. The van der Waals surface area contributed by atoms with Crippen molar-refractivity contribution in [2.75, 3.05) is 11.5 Å². The number of carbonyl (C=O) groups excluding carboxylic acids is 3. The number of carbonyl (C=O) groups is 3. The van der Waals surface area contributed by atoms with E-state index in [4.69, 9.17) is 5.73 Å². The maximum atomic E-state index is 12.5. The van der Waals surface area contributed by atoms with E-state index in [9.17, 15) is 36.0 Å². The van der Waals surface area contributed by atoms with Crippen LogP contribution in [0.25, 0.3) is 0 Å². The number of rotatable bonds is 10. The first-order valence-corrected chi connectivity index (χ1v) is 9.93. The minimum Gasteiger partial charge on any atom is -0.370 e. The summed E-state index contributed by atoms with van der Waals surface area (Å²) in [4.78, 5) is 38.2. The van der Waals surface area contributed by atoms with Crippen molar-refractivity contribution >= 4 is 27.4 Å². The topological polar surface area (TPSA) is 162 Å². The van der Waals surface area contributed by atoms with Crippen molar-refractivity contribution in [2.45, 2.75) is 37.9 Å². The number of Topliss-reactive ketones (excluding diaryl/α,β-unsaturated/α-hetero) is 1. The van der Waals surface area contributed by atoms with Crippen molar-refractivity contribution in [3.05, 3.63) is 11.7 Å². The quantitative estimate of drug-likeness (QED) is 0.488. The molecule has 1 atom stereocenters. The Labute approximate surface area is 156 Å². The fourth-order valence-electron chi connectivity index (χ4n) is 2.25. The van der Waals surface area contributed by atoms with Crippen molar-refractivity contribution in [2.24, 2.45) is 11.7 Å². The number of hydrogen-bond donors (Lipinski definition) is 2. The standard InChI is InChI=1S/C14H17F3N4O6S/c15-14(16,17)13-20-12(21-27-13)11(24)8(5-9(18)22)19-10(23)3-4-28(25,26)6-7-1-2-7/h7-8H,1-6H2,(H2,18,22)(H,19,23)/t8-/m0/s1. The molecular formula is C14H17F3N4O6S. The molecule has 0 spiro atoms. The molecule has 0 aliphatic heterocycles. The third kappa shape index (κ3) is 6.58. The summed E-state index contributed by atoms with van der Waals surface area (Å²) in [7, 11) is -3.46. The van der Waals surface area contributed by atoms with Crippen LogP contribution < -0.4 is 11.1 Å². The molecule has 2 amide bonds. The van der Waals surface area contributed by atoms with Gasteiger partial charge in [0.15, 0.2) is 9.84 Å². The lowest BCUT2D eigenvalue weighted by Gasteiger charge is -2.14. The number of hydrogen-bond acceptors (Lipinski definition) is 8. The van der Waals surface area contributed by atoms with Gasteiger partial charge in [-0.3, -0.25) is 14.4 Å². The molecule has 14 heteroatoms. The van der Waals surface area contributed by atoms with Gasteiger partial charge >= 0.3 is 12.1 Å². The number of nitrogens with two attached hydrogens (primary N) is 1. The normalized spacial score (nSPS) is 15.8. The predicted octanol–water partition coefficient (Wildman–Crippen LogP) is -0.154. The highest BCUT2D eigenvalue weighted by atomic mass is 32.2. The number of aromatic nitrogens is 2. The van der Waals surface area contributed by atoms with Gasteiger partial charge in [-0.15, -0.1) is 0 Å². The average molecular weight is 426 g/mol. The largest absolute Gasteiger partial charge is 0.471 e. The summed E-state index contributed by atoms with van der Waals surface area (Å²) in [6.45, 7) is 0. The van der Waals surface area contributed by atoms with E-state index in [0.717, 1.165) is 12.8 Å². The molecule has 0 bridgehead atoms. The number of primary amides is 1. The van der Waals surface area contributed by atoms with Crippen LogP contribution in [0.3, 0.4) is 0 Å².